The van der Waals surface area contributed by atoms with E-state index in [2.05, 4.69) is 4.98 Å². The van der Waals surface area contributed by atoms with Gasteiger partial charge in [-0.05, 0) is 24.1 Å². The fraction of sp³-hybridized carbons (Fsp3) is 0.500. The van der Waals surface area contributed by atoms with Crippen LogP contribution >= 0.6 is 0 Å². The highest BCUT2D eigenvalue weighted by molar-refractivity contribution is 5.66. The first-order valence-electron chi connectivity index (χ1n) is 5.31. The fourth-order valence-corrected chi connectivity index (χ4v) is 1.17. The van der Waals surface area contributed by atoms with E-state index in [-0.39, 0.29) is 12.1 Å². The predicted octanol–water partition coefficient (Wildman–Crippen LogP) is 3.12. The molecule has 3 nitrogen and oxygen atoms in total. The zero-order valence-corrected chi connectivity index (χ0v) is 9.86. The van der Waals surface area contributed by atoms with Crippen molar-refractivity contribution in [2.24, 2.45) is 0 Å². The quantitative estimate of drug-likeness (QED) is 0.718. The van der Waals surface area contributed by atoms with Crippen molar-refractivity contribution in [3.05, 3.63) is 30.1 Å². The van der Waals surface area contributed by atoms with E-state index in [1.54, 1.807) is 12.4 Å². The van der Waals surface area contributed by atoms with Crippen LogP contribution in [0.5, 0.6) is 0 Å². The van der Waals surface area contributed by atoms with E-state index < -0.39 is 0 Å². The molecule has 0 unspecified atom stereocenters. The van der Waals surface area contributed by atoms with Gasteiger partial charge in [0.1, 0.15) is 6.10 Å². The summed E-state index contributed by atoms with van der Waals surface area (Å²) in [7, 11) is 0. The summed E-state index contributed by atoms with van der Waals surface area (Å²) in [5.41, 5.74) is 0.993. The van der Waals surface area contributed by atoms with Gasteiger partial charge in [-0.3, -0.25) is 9.78 Å². The molecule has 0 saturated heterocycles. The molecule has 0 spiro atoms. The number of carbonyl (C=O) groups excluding carboxylic acids is 1. The summed E-state index contributed by atoms with van der Waals surface area (Å²) in [4.78, 5) is 14.6. The highest BCUT2D eigenvalue weighted by Crippen LogP contribution is 2.19. The smallest absolute Gasteiger partial charge is 0.303 e. The highest BCUT2D eigenvalue weighted by atomic mass is 16.5. The molecule has 1 rings (SSSR count). The van der Waals surface area contributed by atoms with E-state index in [1.807, 2.05) is 32.9 Å². The van der Waals surface area contributed by atoms with Gasteiger partial charge in [-0.2, -0.15) is 0 Å². The van der Waals surface area contributed by atoms with E-state index in [9.17, 15) is 4.79 Å². The van der Waals surface area contributed by atoms with E-state index in [0.717, 1.165) is 12.0 Å². The molecule has 15 heavy (non-hydrogen) atoms. The molecule has 1 heterocycles. The number of hydrogen-bond donors (Lipinski definition) is 0. The molecular formula is C12H19NO2. The lowest BCUT2D eigenvalue weighted by Gasteiger charge is -2.14. The maximum atomic E-state index is 10.7. The van der Waals surface area contributed by atoms with Crippen molar-refractivity contribution in [2.75, 3.05) is 0 Å². The van der Waals surface area contributed by atoms with Crippen molar-refractivity contribution in [3.63, 3.8) is 0 Å². The monoisotopic (exact) mass is 209 g/mol. The number of nitrogens with zero attached hydrogens (tertiary/aromatic N) is 1. The lowest BCUT2D eigenvalue weighted by atomic mass is 10.1. The SMILES string of the molecule is CC.CC[C@H](OC(C)=O)c1ccncc1. The van der Waals surface area contributed by atoms with Gasteiger partial charge in [-0.15, -0.1) is 0 Å². The minimum atomic E-state index is -0.247. The van der Waals surface area contributed by atoms with E-state index in [0.29, 0.717) is 0 Å². The third kappa shape index (κ3) is 5.15. The van der Waals surface area contributed by atoms with Gasteiger partial charge in [0.15, 0.2) is 0 Å². The molecule has 0 bridgehead atoms. The minimum absolute atomic E-state index is 0.138. The predicted molar refractivity (Wildman–Crippen MR) is 60.4 cm³/mol. The van der Waals surface area contributed by atoms with Gasteiger partial charge in [0, 0.05) is 19.3 Å². The Labute approximate surface area is 91.5 Å². The number of ether oxygens (including phenoxy) is 1. The lowest BCUT2D eigenvalue weighted by Crippen LogP contribution is -2.07. The van der Waals surface area contributed by atoms with Crippen LogP contribution in [0.4, 0.5) is 0 Å². The number of rotatable bonds is 3. The lowest BCUT2D eigenvalue weighted by molar-refractivity contribution is -0.146. The van der Waals surface area contributed by atoms with E-state index in [4.69, 9.17) is 4.74 Å². The second-order valence-electron chi connectivity index (χ2n) is 2.79. The first-order valence-corrected chi connectivity index (χ1v) is 5.31. The number of carbonyl (C=O) groups is 1. The average Bonchev–Trinajstić information content (AvgIpc) is 2.29. The second-order valence-corrected chi connectivity index (χ2v) is 2.79. The van der Waals surface area contributed by atoms with Gasteiger partial charge < -0.3 is 4.74 Å². The molecule has 0 amide bonds. The maximum Gasteiger partial charge on any atom is 0.303 e. The molecule has 0 aliphatic heterocycles. The van der Waals surface area contributed by atoms with Crippen LogP contribution in [0.15, 0.2) is 24.5 Å². The first kappa shape index (κ1) is 13.6. The number of esters is 1. The Morgan fingerprint density at radius 2 is 1.93 bits per heavy atom. The van der Waals surface area contributed by atoms with Crippen molar-refractivity contribution in [2.45, 2.75) is 40.2 Å². The Balaban J connectivity index is 0.000000921. The van der Waals surface area contributed by atoms with E-state index in [1.165, 1.54) is 6.92 Å². The second kappa shape index (κ2) is 7.97. The summed E-state index contributed by atoms with van der Waals surface area (Å²) < 4.78 is 5.12. The molecular weight excluding hydrogens is 190 g/mol. The Bertz CT molecular complexity index is 272. The molecule has 1 atom stereocenters. The van der Waals surface area contributed by atoms with Crippen LogP contribution in [-0.2, 0) is 9.53 Å². The Kier molecular flexibility index (Phi) is 7.24. The summed E-state index contributed by atoms with van der Waals surface area (Å²) in [6, 6.07) is 3.72. The van der Waals surface area contributed by atoms with Crippen LogP contribution in [0.1, 0.15) is 45.8 Å². The summed E-state index contributed by atoms with van der Waals surface area (Å²) in [5, 5.41) is 0. The van der Waals surface area contributed by atoms with Gasteiger partial charge in [-0.25, -0.2) is 0 Å². The molecule has 0 radical (unpaired) electrons. The van der Waals surface area contributed by atoms with Crippen molar-refractivity contribution in [1.29, 1.82) is 0 Å². The topological polar surface area (TPSA) is 39.2 Å². The zero-order chi connectivity index (χ0) is 11.7. The largest absolute Gasteiger partial charge is 0.458 e. The Morgan fingerprint density at radius 1 is 1.40 bits per heavy atom. The molecule has 0 saturated carbocycles. The van der Waals surface area contributed by atoms with Crippen molar-refractivity contribution in [1.82, 2.24) is 4.98 Å². The van der Waals surface area contributed by atoms with Gasteiger partial charge in [-0.1, -0.05) is 20.8 Å². The molecule has 0 aromatic carbocycles. The molecule has 0 aliphatic rings. The van der Waals surface area contributed by atoms with Crippen LogP contribution < -0.4 is 0 Å². The standard InChI is InChI=1S/C10H13NO2.C2H6/c1-3-10(13-8(2)12)9-4-6-11-7-5-9;1-2/h4-7,10H,3H2,1-2H3;1-2H3/t10-;/m0./s1. The van der Waals surface area contributed by atoms with Crippen LogP contribution in [-0.4, -0.2) is 11.0 Å². The van der Waals surface area contributed by atoms with Crippen molar-refractivity contribution < 1.29 is 9.53 Å². The summed E-state index contributed by atoms with van der Waals surface area (Å²) in [6.07, 6.45) is 4.03. The third-order valence-corrected chi connectivity index (χ3v) is 1.76. The van der Waals surface area contributed by atoms with Crippen LogP contribution in [0.25, 0.3) is 0 Å². The number of pyridine rings is 1. The van der Waals surface area contributed by atoms with Crippen LogP contribution in [0.2, 0.25) is 0 Å². The molecule has 1 aromatic rings. The number of aromatic nitrogens is 1. The van der Waals surface area contributed by atoms with Crippen LogP contribution in [0.3, 0.4) is 0 Å². The van der Waals surface area contributed by atoms with E-state index >= 15 is 0 Å². The first-order chi connectivity index (χ1) is 7.24. The Morgan fingerprint density at radius 3 is 2.33 bits per heavy atom. The molecule has 3 heteroatoms. The Hall–Kier alpha value is -1.38. The van der Waals surface area contributed by atoms with Gasteiger partial charge in [0.2, 0.25) is 0 Å². The normalized spacial score (nSPS) is 10.9. The maximum absolute atomic E-state index is 10.7. The van der Waals surface area contributed by atoms with Gasteiger partial charge in [0.05, 0.1) is 0 Å². The van der Waals surface area contributed by atoms with Gasteiger partial charge in [0.25, 0.3) is 0 Å². The summed E-state index contributed by atoms with van der Waals surface area (Å²) >= 11 is 0. The van der Waals surface area contributed by atoms with Gasteiger partial charge >= 0.3 is 5.97 Å². The fourth-order valence-electron chi connectivity index (χ4n) is 1.17. The molecule has 0 aliphatic carbocycles. The molecule has 0 fully saturated rings. The average molecular weight is 209 g/mol. The highest BCUT2D eigenvalue weighted by Gasteiger charge is 2.11. The van der Waals surface area contributed by atoms with Crippen LogP contribution in [0, 0.1) is 0 Å². The van der Waals surface area contributed by atoms with Crippen molar-refractivity contribution in [3.8, 4) is 0 Å². The molecule has 84 valence electrons. The molecule has 1 aromatic heterocycles. The third-order valence-electron chi connectivity index (χ3n) is 1.76. The van der Waals surface area contributed by atoms with Crippen molar-refractivity contribution >= 4 is 5.97 Å². The zero-order valence-electron chi connectivity index (χ0n) is 9.86. The number of hydrogen-bond acceptors (Lipinski definition) is 3. The molecule has 0 N–H and O–H groups in total. The summed E-state index contributed by atoms with van der Waals surface area (Å²) in [6.45, 7) is 7.40. The minimum Gasteiger partial charge on any atom is -0.458 e. The summed E-state index contributed by atoms with van der Waals surface area (Å²) in [5.74, 6) is -0.247.